The van der Waals surface area contributed by atoms with Crippen molar-refractivity contribution in [3.8, 4) is 0 Å². The molecular formula is C13H13BrFN5O2. The van der Waals surface area contributed by atoms with E-state index >= 15 is 0 Å². The van der Waals surface area contributed by atoms with Crippen molar-refractivity contribution in [1.82, 2.24) is 16.5 Å². The van der Waals surface area contributed by atoms with Crippen LogP contribution in [0.2, 0.25) is 0 Å². The highest BCUT2D eigenvalue weighted by atomic mass is 79.9. The molecule has 1 aromatic carbocycles. The first-order valence-corrected chi connectivity index (χ1v) is 7.19. The van der Waals surface area contributed by atoms with Gasteiger partial charge in [0.25, 0.3) is 0 Å². The second kappa shape index (κ2) is 5.95. The van der Waals surface area contributed by atoms with Crippen LogP contribution in [0, 0.1) is 5.82 Å². The number of rotatable bonds is 4. The van der Waals surface area contributed by atoms with E-state index in [4.69, 9.17) is 4.42 Å². The van der Waals surface area contributed by atoms with Crippen molar-refractivity contribution >= 4 is 33.3 Å². The molecule has 1 saturated heterocycles. The Morgan fingerprint density at radius 2 is 2.27 bits per heavy atom. The third-order valence-electron chi connectivity index (χ3n) is 3.14. The molecule has 0 atom stereocenters. The lowest BCUT2D eigenvalue weighted by Crippen LogP contribution is -2.38. The Bertz CT molecular complexity index is 694. The van der Waals surface area contributed by atoms with E-state index in [1.165, 1.54) is 17.1 Å². The Labute approximate surface area is 134 Å². The Morgan fingerprint density at radius 1 is 1.45 bits per heavy atom. The molecule has 2 amide bonds. The molecule has 1 fully saturated rings. The highest BCUT2D eigenvalue weighted by Gasteiger charge is 2.27. The number of nitrogens with zero attached hydrogens (tertiary/aromatic N) is 2. The van der Waals surface area contributed by atoms with Crippen molar-refractivity contribution in [2.75, 3.05) is 17.0 Å². The number of hydrogen-bond donors (Lipinski definition) is 3. The molecule has 3 rings (SSSR count). The second-order valence-corrected chi connectivity index (χ2v) is 5.55. The molecule has 1 aromatic heterocycles. The van der Waals surface area contributed by atoms with Crippen LogP contribution in [-0.4, -0.2) is 13.1 Å². The fraction of sp³-hybridized carbons (Fsp3) is 0.154. The van der Waals surface area contributed by atoms with Gasteiger partial charge >= 0.3 is 6.03 Å². The largest absolute Gasteiger partial charge is 0.467 e. The van der Waals surface area contributed by atoms with E-state index < -0.39 is 11.8 Å². The van der Waals surface area contributed by atoms with Crippen molar-refractivity contribution in [2.24, 2.45) is 0 Å². The van der Waals surface area contributed by atoms with Gasteiger partial charge in [-0.15, -0.1) is 11.1 Å². The van der Waals surface area contributed by atoms with E-state index in [1.54, 1.807) is 12.3 Å². The number of anilines is 2. The second-order valence-electron chi connectivity index (χ2n) is 4.69. The number of benzene rings is 1. The van der Waals surface area contributed by atoms with Gasteiger partial charge in [0.2, 0.25) is 0 Å². The third kappa shape index (κ3) is 2.78. The van der Waals surface area contributed by atoms with E-state index in [0.29, 0.717) is 22.4 Å². The van der Waals surface area contributed by atoms with Gasteiger partial charge in [-0.3, -0.25) is 5.43 Å². The Balaban J connectivity index is 1.99. The minimum absolute atomic E-state index is 0.364. The zero-order valence-corrected chi connectivity index (χ0v) is 13.1. The first kappa shape index (κ1) is 14.8. The molecule has 9 heteroatoms. The van der Waals surface area contributed by atoms with Crippen LogP contribution in [0.15, 0.2) is 39.4 Å². The van der Waals surface area contributed by atoms with E-state index in [9.17, 15) is 9.18 Å². The first-order chi connectivity index (χ1) is 10.6. The Hall–Kier alpha value is -2.10. The molecule has 2 heterocycles. The van der Waals surface area contributed by atoms with Gasteiger partial charge in [-0.2, -0.15) is 0 Å². The maximum atomic E-state index is 13.8. The maximum absolute atomic E-state index is 13.8. The normalized spacial score (nSPS) is 14.3. The lowest BCUT2D eigenvalue weighted by Gasteiger charge is -2.26. The molecule has 3 N–H and O–H groups in total. The summed E-state index contributed by atoms with van der Waals surface area (Å²) >= 11 is 3.35. The zero-order valence-electron chi connectivity index (χ0n) is 11.6. The summed E-state index contributed by atoms with van der Waals surface area (Å²) in [5.41, 5.74) is 8.47. The molecule has 1 aliphatic heterocycles. The van der Waals surface area contributed by atoms with Crippen LogP contribution in [0.1, 0.15) is 5.76 Å². The SMILES string of the molecule is CN(Cc1ccco1)c1c(Br)cc(F)cc1N1NNNC1=O. The topological polar surface area (TPSA) is 72.8 Å². The Morgan fingerprint density at radius 3 is 2.91 bits per heavy atom. The number of furan rings is 1. The molecule has 0 bridgehead atoms. The van der Waals surface area contributed by atoms with Crippen LogP contribution in [0.4, 0.5) is 20.6 Å². The number of nitrogens with one attached hydrogen (secondary N) is 3. The molecule has 0 saturated carbocycles. The minimum atomic E-state index is -0.460. The van der Waals surface area contributed by atoms with Gasteiger partial charge < -0.3 is 9.32 Å². The quantitative estimate of drug-likeness (QED) is 0.770. The minimum Gasteiger partial charge on any atom is -0.467 e. The van der Waals surface area contributed by atoms with Crippen molar-refractivity contribution in [3.05, 3.63) is 46.6 Å². The molecule has 0 radical (unpaired) electrons. The summed E-state index contributed by atoms with van der Waals surface area (Å²) in [7, 11) is 1.82. The lowest BCUT2D eigenvalue weighted by atomic mass is 10.2. The molecular weight excluding hydrogens is 357 g/mol. The fourth-order valence-electron chi connectivity index (χ4n) is 2.23. The summed E-state index contributed by atoms with van der Waals surface area (Å²) < 4.78 is 19.6. The third-order valence-corrected chi connectivity index (χ3v) is 3.75. The number of hydrogen-bond acceptors (Lipinski definition) is 5. The van der Waals surface area contributed by atoms with Gasteiger partial charge in [-0.1, -0.05) is 0 Å². The van der Waals surface area contributed by atoms with Gasteiger partial charge in [-0.25, -0.2) is 14.2 Å². The molecule has 1 aliphatic rings. The van der Waals surface area contributed by atoms with Crippen molar-refractivity contribution in [1.29, 1.82) is 0 Å². The average molecular weight is 370 g/mol. The van der Waals surface area contributed by atoms with Crippen molar-refractivity contribution < 1.29 is 13.6 Å². The summed E-state index contributed by atoms with van der Waals surface area (Å²) in [6.45, 7) is 0.465. The molecule has 116 valence electrons. The fourth-order valence-corrected chi connectivity index (χ4v) is 2.95. The number of amides is 2. The summed E-state index contributed by atoms with van der Waals surface area (Å²) in [6, 6.07) is 5.82. The van der Waals surface area contributed by atoms with Gasteiger partial charge in [-0.05, 0) is 34.1 Å². The average Bonchev–Trinajstić information content (AvgIpc) is 3.09. The van der Waals surface area contributed by atoms with E-state index in [0.717, 1.165) is 5.76 Å². The molecule has 7 nitrogen and oxygen atoms in total. The number of halogens is 2. The zero-order chi connectivity index (χ0) is 15.7. The highest BCUT2D eigenvalue weighted by molar-refractivity contribution is 9.10. The molecule has 22 heavy (non-hydrogen) atoms. The summed E-state index contributed by atoms with van der Waals surface area (Å²) in [5.74, 6) is 0.292. The number of urea groups is 1. The summed E-state index contributed by atoms with van der Waals surface area (Å²) in [6.07, 6.45) is 1.59. The lowest BCUT2D eigenvalue weighted by molar-refractivity contribution is 0.250. The molecule has 0 spiro atoms. The molecule has 0 unspecified atom stereocenters. The van der Waals surface area contributed by atoms with Crippen molar-refractivity contribution in [2.45, 2.75) is 6.54 Å². The van der Waals surface area contributed by atoms with E-state index in [2.05, 4.69) is 32.4 Å². The van der Waals surface area contributed by atoms with Crippen LogP contribution in [-0.2, 0) is 6.54 Å². The van der Waals surface area contributed by atoms with Crippen LogP contribution in [0.5, 0.6) is 0 Å². The molecule has 0 aliphatic carbocycles. The first-order valence-electron chi connectivity index (χ1n) is 6.39. The summed E-state index contributed by atoms with van der Waals surface area (Å²) in [5, 5.41) is 1.18. The molecule has 2 aromatic rings. The summed E-state index contributed by atoms with van der Waals surface area (Å²) in [4.78, 5) is 13.7. The van der Waals surface area contributed by atoms with Crippen LogP contribution >= 0.6 is 15.9 Å². The monoisotopic (exact) mass is 369 g/mol. The smallest absolute Gasteiger partial charge is 0.353 e. The standard InChI is InChI=1S/C13H13BrFN5O2/c1-19(7-9-3-2-4-22-9)12-10(14)5-8(15)6-11(12)20-13(21)16-17-18-20/h2-6,17-18H,7H2,1H3,(H,16,21). The van der Waals surface area contributed by atoms with Gasteiger partial charge in [0, 0.05) is 17.6 Å². The van der Waals surface area contributed by atoms with Gasteiger partial charge in [0.15, 0.2) is 0 Å². The number of carbonyl (C=O) groups excluding carboxylic acids is 1. The van der Waals surface area contributed by atoms with E-state index in [-0.39, 0.29) is 0 Å². The van der Waals surface area contributed by atoms with Gasteiger partial charge in [0.1, 0.15) is 11.6 Å². The van der Waals surface area contributed by atoms with E-state index in [1.807, 2.05) is 18.0 Å². The van der Waals surface area contributed by atoms with Crippen LogP contribution < -0.4 is 26.4 Å². The van der Waals surface area contributed by atoms with Gasteiger partial charge in [0.05, 0.1) is 24.2 Å². The maximum Gasteiger partial charge on any atom is 0.353 e. The number of hydrazine groups is 3. The predicted molar refractivity (Wildman–Crippen MR) is 82.2 cm³/mol. The van der Waals surface area contributed by atoms with Crippen LogP contribution in [0.25, 0.3) is 0 Å². The van der Waals surface area contributed by atoms with Crippen LogP contribution in [0.3, 0.4) is 0 Å². The highest BCUT2D eigenvalue weighted by Crippen LogP contribution is 2.37. The van der Waals surface area contributed by atoms with Crippen molar-refractivity contribution in [3.63, 3.8) is 0 Å². The Kier molecular flexibility index (Phi) is 4.01. The number of carbonyl (C=O) groups is 1. The predicted octanol–water partition coefficient (Wildman–Crippen LogP) is 2.27.